The molecule has 2 unspecified atom stereocenters. The van der Waals surface area contributed by atoms with Crippen molar-refractivity contribution in [2.24, 2.45) is 11.3 Å². The van der Waals surface area contributed by atoms with E-state index in [2.05, 4.69) is 31.4 Å². The maximum atomic E-state index is 13.1. The van der Waals surface area contributed by atoms with Gasteiger partial charge in [0.2, 0.25) is 0 Å². The van der Waals surface area contributed by atoms with Crippen molar-refractivity contribution in [3.8, 4) is 11.5 Å². The van der Waals surface area contributed by atoms with Gasteiger partial charge in [-0.15, -0.1) is 0 Å². The first kappa shape index (κ1) is 26.3. The van der Waals surface area contributed by atoms with Crippen LogP contribution in [0.15, 0.2) is 18.2 Å². The van der Waals surface area contributed by atoms with Gasteiger partial charge in [0.05, 0.1) is 13.2 Å². The maximum Gasteiger partial charge on any atom is 0.326 e. The van der Waals surface area contributed by atoms with Gasteiger partial charge < -0.3 is 24.8 Å². The number of esters is 1. The lowest BCUT2D eigenvalue weighted by Crippen LogP contribution is -2.54. The third kappa shape index (κ3) is 6.23. The molecule has 1 saturated heterocycles. The van der Waals surface area contributed by atoms with Gasteiger partial charge in [-0.05, 0) is 56.6 Å². The Labute approximate surface area is 205 Å². The van der Waals surface area contributed by atoms with Crippen molar-refractivity contribution in [1.82, 2.24) is 10.2 Å². The number of benzene rings is 1. The van der Waals surface area contributed by atoms with E-state index in [0.29, 0.717) is 43.2 Å². The molecule has 1 aliphatic heterocycles. The molecule has 2 atom stereocenters. The summed E-state index contributed by atoms with van der Waals surface area (Å²) < 4.78 is 16.1. The van der Waals surface area contributed by atoms with Crippen LogP contribution in [0.1, 0.15) is 53.9 Å². The molecule has 35 heavy (non-hydrogen) atoms. The third-order valence-electron chi connectivity index (χ3n) is 6.10. The highest BCUT2D eigenvalue weighted by molar-refractivity contribution is 6.09. The van der Waals surface area contributed by atoms with Crippen molar-refractivity contribution < 1.29 is 33.4 Å². The van der Waals surface area contributed by atoms with E-state index in [1.807, 2.05) is 13.8 Å². The Hall–Kier alpha value is -3.30. The molecule has 1 saturated carbocycles. The molecule has 3 rings (SSSR count). The SMILES string of the molecule is CCOc1ccc(NC(=O)COC(=O)CN2C(=O)NC3(CC(C)CC(C)(C)C3)C2=O)cc1OCC. The highest BCUT2D eigenvalue weighted by Gasteiger charge is 2.56. The van der Waals surface area contributed by atoms with Crippen molar-refractivity contribution in [3.05, 3.63) is 18.2 Å². The van der Waals surface area contributed by atoms with Gasteiger partial charge in [-0.1, -0.05) is 20.8 Å². The number of ether oxygens (including phenoxy) is 3. The van der Waals surface area contributed by atoms with Gasteiger partial charge in [0, 0.05) is 11.8 Å². The van der Waals surface area contributed by atoms with E-state index in [9.17, 15) is 19.2 Å². The van der Waals surface area contributed by atoms with Crippen LogP contribution in [0, 0.1) is 11.3 Å². The summed E-state index contributed by atoms with van der Waals surface area (Å²) in [7, 11) is 0. The molecule has 2 aliphatic rings. The summed E-state index contributed by atoms with van der Waals surface area (Å²) in [5.74, 6) is -0.532. The molecule has 10 nitrogen and oxygen atoms in total. The zero-order valence-corrected chi connectivity index (χ0v) is 21.1. The summed E-state index contributed by atoms with van der Waals surface area (Å²) in [6, 6.07) is 4.33. The van der Waals surface area contributed by atoms with E-state index in [0.717, 1.165) is 11.3 Å². The summed E-state index contributed by atoms with van der Waals surface area (Å²) in [6.45, 7) is 9.67. The summed E-state index contributed by atoms with van der Waals surface area (Å²) in [5, 5.41) is 5.44. The van der Waals surface area contributed by atoms with Crippen molar-refractivity contribution in [1.29, 1.82) is 0 Å². The third-order valence-corrected chi connectivity index (χ3v) is 6.10. The fraction of sp³-hybridized carbons (Fsp3) is 0.600. The van der Waals surface area contributed by atoms with Crippen LogP contribution in [0.3, 0.4) is 0 Å². The fourth-order valence-electron chi connectivity index (χ4n) is 5.30. The molecule has 1 aromatic carbocycles. The predicted octanol–water partition coefficient (Wildman–Crippen LogP) is 3.10. The Morgan fingerprint density at radius 1 is 1.11 bits per heavy atom. The molecule has 0 bridgehead atoms. The minimum Gasteiger partial charge on any atom is -0.490 e. The first-order valence-corrected chi connectivity index (χ1v) is 12.0. The number of carbonyl (C=O) groups is 4. The number of hydrogen-bond acceptors (Lipinski definition) is 7. The van der Waals surface area contributed by atoms with E-state index < -0.39 is 42.5 Å². The lowest BCUT2D eigenvalue weighted by molar-refractivity contribution is -0.150. The van der Waals surface area contributed by atoms with E-state index in [1.54, 1.807) is 18.2 Å². The second kappa shape index (κ2) is 10.5. The monoisotopic (exact) mass is 489 g/mol. The number of amides is 4. The Morgan fingerprint density at radius 3 is 2.46 bits per heavy atom. The predicted molar refractivity (Wildman–Crippen MR) is 128 cm³/mol. The molecular formula is C25H35N3O7. The van der Waals surface area contributed by atoms with Crippen molar-refractivity contribution in [2.75, 3.05) is 31.7 Å². The number of carbonyl (C=O) groups excluding carboxylic acids is 4. The first-order valence-electron chi connectivity index (χ1n) is 12.0. The maximum absolute atomic E-state index is 13.1. The van der Waals surface area contributed by atoms with Gasteiger partial charge in [0.1, 0.15) is 12.1 Å². The molecule has 4 amide bonds. The Balaban J connectivity index is 1.55. The van der Waals surface area contributed by atoms with Crippen LogP contribution in [0.4, 0.5) is 10.5 Å². The number of imide groups is 1. The van der Waals surface area contributed by atoms with Crippen LogP contribution in [-0.4, -0.2) is 60.6 Å². The molecular weight excluding hydrogens is 454 g/mol. The quantitative estimate of drug-likeness (QED) is 0.404. The zero-order valence-electron chi connectivity index (χ0n) is 21.1. The lowest BCUT2D eigenvalue weighted by Gasteiger charge is -2.43. The van der Waals surface area contributed by atoms with E-state index in [-0.39, 0.29) is 11.3 Å². The average molecular weight is 490 g/mol. The standard InChI is InChI=1S/C25H35N3O7/c1-6-33-18-9-8-17(10-19(18)34-7-2)26-20(29)14-35-21(30)13-28-22(31)25(27-23(28)32)12-16(3)11-24(4,5)15-25/h8-10,16H,6-7,11-15H2,1-5H3,(H,26,29)(H,27,32). The van der Waals surface area contributed by atoms with E-state index >= 15 is 0 Å². The van der Waals surface area contributed by atoms with E-state index in [1.165, 1.54) is 0 Å². The number of urea groups is 1. The molecule has 1 heterocycles. The van der Waals surface area contributed by atoms with Gasteiger partial charge in [0.25, 0.3) is 11.8 Å². The second-order valence-electron chi connectivity index (χ2n) is 9.99. The van der Waals surface area contributed by atoms with Crippen LogP contribution in [0.2, 0.25) is 0 Å². The normalized spacial score (nSPS) is 23.1. The molecule has 0 aromatic heterocycles. The first-order chi connectivity index (χ1) is 16.5. The zero-order chi connectivity index (χ0) is 25.8. The van der Waals surface area contributed by atoms with Crippen LogP contribution >= 0.6 is 0 Å². The van der Waals surface area contributed by atoms with Gasteiger partial charge in [-0.3, -0.25) is 19.3 Å². The Kier molecular flexibility index (Phi) is 7.92. The van der Waals surface area contributed by atoms with Crippen molar-refractivity contribution >= 4 is 29.5 Å². The molecule has 1 aliphatic carbocycles. The number of hydrogen-bond donors (Lipinski definition) is 2. The molecule has 10 heteroatoms. The Morgan fingerprint density at radius 2 is 1.80 bits per heavy atom. The summed E-state index contributed by atoms with van der Waals surface area (Å²) in [4.78, 5) is 51.2. The minimum atomic E-state index is -0.998. The highest BCUT2D eigenvalue weighted by atomic mass is 16.5. The highest BCUT2D eigenvalue weighted by Crippen LogP contribution is 2.46. The number of rotatable bonds is 9. The van der Waals surface area contributed by atoms with E-state index in [4.69, 9.17) is 14.2 Å². The van der Waals surface area contributed by atoms with Crippen LogP contribution in [-0.2, 0) is 19.1 Å². The smallest absolute Gasteiger partial charge is 0.326 e. The molecule has 1 aromatic rings. The number of nitrogens with one attached hydrogen (secondary N) is 2. The van der Waals surface area contributed by atoms with Crippen LogP contribution < -0.4 is 20.1 Å². The molecule has 2 fully saturated rings. The molecule has 1 spiro atoms. The topological polar surface area (TPSA) is 123 Å². The van der Waals surface area contributed by atoms with Gasteiger partial charge in [0.15, 0.2) is 18.1 Å². The van der Waals surface area contributed by atoms with Gasteiger partial charge in [-0.2, -0.15) is 0 Å². The van der Waals surface area contributed by atoms with Crippen LogP contribution in [0.25, 0.3) is 0 Å². The lowest BCUT2D eigenvalue weighted by atomic mass is 9.64. The molecule has 0 radical (unpaired) electrons. The summed E-state index contributed by atoms with van der Waals surface area (Å²) in [6.07, 6.45) is 1.99. The summed E-state index contributed by atoms with van der Waals surface area (Å²) >= 11 is 0. The second-order valence-corrected chi connectivity index (χ2v) is 9.99. The minimum absolute atomic E-state index is 0.113. The molecule has 192 valence electrons. The summed E-state index contributed by atoms with van der Waals surface area (Å²) in [5.41, 5.74) is -0.664. The van der Waals surface area contributed by atoms with Crippen molar-refractivity contribution in [3.63, 3.8) is 0 Å². The number of nitrogens with zero attached hydrogens (tertiary/aromatic N) is 1. The van der Waals surface area contributed by atoms with Crippen molar-refractivity contribution in [2.45, 2.75) is 59.4 Å². The van der Waals surface area contributed by atoms with Crippen LogP contribution in [0.5, 0.6) is 11.5 Å². The average Bonchev–Trinajstić information content (AvgIpc) is 2.96. The number of anilines is 1. The van der Waals surface area contributed by atoms with Gasteiger partial charge >= 0.3 is 12.0 Å². The Bertz CT molecular complexity index is 993. The fourth-order valence-corrected chi connectivity index (χ4v) is 5.30. The van der Waals surface area contributed by atoms with Gasteiger partial charge in [-0.25, -0.2) is 4.79 Å². The molecule has 2 N–H and O–H groups in total. The largest absolute Gasteiger partial charge is 0.490 e.